The fraction of sp³-hybridized carbons (Fsp3) is 0.222. The first-order chi connectivity index (χ1) is 6.45. The van der Waals surface area contributed by atoms with E-state index < -0.39 is 0 Å². The molecule has 0 saturated heterocycles. The van der Waals surface area contributed by atoms with Gasteiger partial charge < -0.3 is 9.87 Å². The van der Waals surface area contributed by atoms with E-state index in [0.717, 1.165) is 28.8 Å². The van der Waals surface area contributed by atoms with E-state index in [4.69, 9.17) is 9.78 Å². The summed E-state index contributed by atoms with van der Waals surface area (Å²) in [5.74, 6) is 0.755. The van der Waals surface area contributed by atoms with Crippen molar-refractivity contribution in [2.75, 3.05) is 6.61 Å². The number of hydrogen-bond acceptors (Lipinski definition) is 3. The highest BCUT2D eigenvalue weighted by Crippen LogP contribution is 2.30. The molecule has 0 atom stereocenters. The van der Waals surface area contributed by atoms with Gasteiger partial charge in [-0.3, -0.25) is 0 Å². The molecule has 0 spiro atoms. The van der Waals surface area contributed by atoms with E-state index in [9.17, 15) is 0 Å². The molecule has 0 unspecified atom stereocenters. The molecule has 4 heteroatoms. The van der Waals surface area contributed by atoms with Crippen LogP contribution in [0.15, 0.2) is 18.5 Å². The largest absolute Gasteiger partial charge is 0.344 e. The van der Waals surface area contributed by atoms with Gasteiger partial charge in [-0.15, -0.1) is 0 Å². The summed E-state index contributed by atoms with van der Waals surface area (Å²) < 4.78 is 0. The Balaban J connectivity index is 2.34. The summed E-state index contributed by atoms with van der Waals surface area (Å²) in [4.78, 5) is 17.2. The van der Waals surface area contributed by atoms with Crippen LogP contribution in [0, 0.1) is 0 Å². The number of fused-ring (bicyclic) bond motifs is 3. The summed E-state index contributed by atoms with van der Waals surface area (Å²) in [6, 6.07) is 4.05. The Hall–Kier alpha value is -1.55. The van der Waals surface area contributed by atoms with Crippen LogP contribution in [0.4, 0.5) is 0 Å². The second kappa shape index (κ2) is 2.47. The molecular formula is C9H8N2O2. The zero-order valence-electron chi connectivity index (χ0n) is 6.91. The molecule has 0 saturated carbocycles. The molecule has 4 nitrogen and oxygen atoms in total. The second-order valence-electron chi connectivity index (χ2n) is 3.01. The van der Waals surface area contributed by atoms with E-state index in [-0.39, 0.29) is 0 Å². The quantitative estimate of drug-likeness (QED) is 0.617. The van der Waals surface area contributed by atoms with Gasteiger partial charge >= 0.3 is 0 Å². The highest BCUT2D eigenvalue weighted by atomic mass is 17.2. The van der Waals surface area contributed by atoms with Crippen LogP contribution in [0.5, 0.6) is 5.75 Å². The number of benzene rings is 1. The van der Waals surface area contributed by atoms with Crippen LogP contribution in [-0.4, -0.2) is 16.6 Å². The first kappa shape index (κ1) is 6.91. The summed E-state index contributed by atoms with van der Waals surface area (Å²) in [6.07, 6.45) is 2.54. The van der Waals surface area contributed by atoms with Crippen molar-refractivity contribution < 1.29 is 9.78 Å². The lowest BCUT2D eigenvalue weighted by Crippen LogP contribution is -2.10. The van der Waals surface area contributed by atoms with Crippen LogP contribution < -0.4 is 4.89 Å². The third-order valence-electron chi connectivity index (χ3n) is 2.22. The molecule has 1 N–H and O–H groups in total. The number of aromatic amines is 1. The third-order valence-corrected chi connectivity index (χ3v) is 2.22. The van der Waals surface area contributed by atoms with Gasteiger partial charge in [0.2, 0.25) is 0 Å². The van der Waals surface area contributed by atoms with Crippen molar-refractivity contribution in [3.63, 3.8) is 0 Å². The highest BCUT2D eigenvalue weighted by Gasteiger charge is 2.16. The van der Waals surface area contributed by atoms with E-state index in [1.807, 2.05) is 12.1 Å². The van der Waals surface area contributed by atoms with Crippen molar-refractivity contribution in [2.45, 2.75) is 6.42 Å². The Bertz CT molecular complexity index is 450. The zero-order chi connectivity index (χ0) is 8.67. The lowest BCUT2D eigenvalue weighted by molar-refractivity contribution is -0.213. The van der Waals surface area contributed by atoms with Gasteiger partial charge in [0.05, 0.1) is 18.5 Å². The van der Waals surface area contributed by atoms with Gasteiger partial charge in [-0.25, -0.2) is 4.98 Å². The number of H-pyrrole nitrogens is 1. The maximum atomic E-state index is 5.11. The van der Waals surface area contributed by atoms with Crippen LogP contribution in [0.1, 0.15) is 5.56 Å². The van der Waals surface area contributed by atoms with Crippen LogP contribution in [0.25, 0.3) is 11.0 Å². The van der Waals surface area contributed by atoms with Gasteiger partial charge in [0.1, 0.15) is 5.52 Å². The van der Waals surface area contributed by atoms with Crippen molar-refractivity contribution in [2.24, 2.45) is 0 Å². The summed E-state index contributed by atoms with van der Waals surface area (Å²) in [5, 5.41) is 0. The second-order valence-corrected chi connectivity index (χ2v) is 3.01. The standard InChI is InChI=1S/C9H8N2O2/c1-2-7-8(11-5-10-7)9-6(1)3-4-12-13-9/h1-2,5H,3-4H2,(H,10,11). The van der Waals surface area contributed by atoms with Crippen molar-refractivity contribution in [3.05, 3.63) is 24.0 Å². The predicted octanol–water partition coefficient (Wildman–Crippen LogP) is 1.43. The Morgan fingerprint density at radius 3 is 3.38 bits per heavy atom. The number of hydrogen-bond donors (Lipinski definition) is 1. The molecule has 2 heterocycles. The lowest BCUT2D eigenvalue weighted by Gasteiger charge is -2.15. The molecular weight excluding hydrogens is 168 g/mol. The molecule has 1 aromatic carbocycles. The van der Waals surface area contributed by atoms with Gasteiger partial charge in [-0.1, -0.05) is 6.07 Å². The maximum Gasteiger partial charge on any atom is 0.196 e. The van der Waals surface area contributed by atoms with Gasteiger partial charge in [-0.05, 0) is 6.07 Å². The normalized spacial score (nSPS) is 15.4. The predicted molar refractivity (Wildman–Crippen MR) is 46.4 cm³/mol. The van der Waals surface area contributed by atoms with Gasteiger partial charge in [-0.2, -0.15) is 4.89 Å². The average molecular weight is 176 g/mol. The molecule has 3 rings (SSSR count). The van der Waals surface area contributed by atoms with Gasteiger partial charge in [0.15, 0.2) is 5.75 Å². The SMILES string of the molecule is c1nc2c3c(ccc2[nH]1)CCOO3. The number of nitrogens with zero attached hydrogens (tertiary/aromatic N) is 1. The van der Waals surface area contributed by atoms with Crippen LogP contribution in [-0.2, 0) is 11.3 Å². The third kappa shape index (κ3) is 0.922. The van der Waals surface area contributed by atoms with Crippen LogP contribution in [0.3, 0.4) is 0 Å². The van der Waals surface area contributed by atoms with Crippen molar-refractivity contribution in [1.29, 1.82) is 0 Å². The molecule has 13 heavy (non-hydrogen) atoms. The molecule has 66 valence electrons. The number of imidazole rings is 1. The van der Waals surface area contributed by atoms with Gasteiger partial charge in [0.25, 0.3) is 0 Å². The van der Waals surface area contributed by atoms with E-state index >= 15 is 0 Å². The number of nitrogens with one attached hydrogen (secondary N) is 1. The minimum atomic E-state index is 0.614. The number of aromatic nitrogens is 2. The topological polar surface area (TPSA) is 47.1 Å². The Labute approximate surface area is 74.4 Å². The smallest absolute Gasteiger partial charge is 0.196 e. The monoisotopic (exact) mass is 176 g/mol. The van der Waals surface area contributed by atoms with E-state index in [1.165, 1.54) is 0 Å². The van der Waals surface area contributed by atoms with E-state index in [0.29, 0.717) is 6.61 Å². The summed E-state index contributed by atoms with van der Waals surface area (Å²) in [7, 11) is 0. The molecule has 0 aliphatic carbocycles. The molecule has 2 aromatic rings. The van der Waals surface area contributed by atoms with Crippen LogP contribution in [0.2, 0.25) is 0 Å². The molecule has 0 bridgehead atoms. The molecule has 1 aliphatic heterocycles. The average Bonchev–Trinajstić information content (AvgIpc) is 2.65. The van der Waals surface area contributed by atoms with E-state index in [1.54, 1.807) is 6.33 Å². The van der Waals surface area contributed by atoms with Crippen molar-refractivity contribution in [1.82, 2.24) is 9.97 Å². The Morgan fingerprint density at radius 2 is 2.38 bits per heavy atom. The highest BCUT2D eigenvalue weighted by molar-refractivity contribution is 5.82. The molecule has 0 fully saturated rings. The molecule has 1 aromatic heterocycles. The Kier molecular flexibility index (Phi) is 1.31. The molecule has 0 amide bonds. The first-order valence-electron chi connectivity index (χ1n) is 4.19. The van der Waals surface area contributed by atoms with Gasteiger partial charge in [0, 0.05) is 12.0 Å². The molecule has 0 radical (unpaired) electrons. The zero-order valence-corrected chi connectivity index (χ0v) is 6.91. The minimum Gasteiger partial charge on any atom is -0.344 e. The first-order valence-corrected chi connectivity index (χ1v) is 4.19. The lowest BCUT2D eigenvalue weighted by atomic mass is 10.1. The summed E-state index contributed by atoms with van der Waals surface area (Å²) >= 11 is 0. The Morgan fingerprint density at radius 1 is 1.38 bits per heavy atom. The van der Waals surface area contributed by atoms with Crippen molar-refractivity contribution >= 4 is 11.0 Å². The van der Waals surface area contributed by atoms with Crippen molar-refractivity contribution in [3.8, 4) is 5.75 Å². The maximum absolute atomic E-state index is 5.11. The minimum absolute atomic E-state index is 0.614. The fourth-order valence-electron chi connectivity index (χ4n) is 1.57. The number of rotatable bonds is 0. The fourth-order valence-corrected chi connectivity index (χ4v) is 1.57. The summed E-state index contributed by atoms with van der Waals surface area (Å²) in [5.41, 5.74) is 2.98. The van der Waals surface area contributed by atoms with E-state index in [2.05, 4.69) is 9.97 Å². The molecule has 1 aliphatic rings. The van der Waals surface area contributed by atoms with Crippen LogP contribution >= 0.6 is 0 Å². The summed E-state index contributed by atoms with van der Waals surface area (Å²) in [6.45, 7) is 0.614.